The molecule has 0 aromatic carbocycles. The van der Waals surface area contributed by atoms with Gasteiger partial charge in [-0.25, -0.2) is 9.97 Å². The summed E-state index contributed by atoms with van der Waals surface area (Å²) in [7, 11) is 0. The smallest absolute Gasteiger partial charge is 0.276 e. The van der Waals surface area contributed by atoms with Crippen LogP contribution in [0, 0.1) is 0 Å². The molecule has 21 heavy (non-hydrogen) atoms. The highest BCUT2D eigenvalue weighted by Crippen LogP contribution is 2.25. The molecule has 0 atom stereocenters. The van der Waals surface area contributed by atoms with Crippen LogP contribution in [0.5, 0.6) is 0 Å². The molecule has 0 spiro atoms. The molecule has 0 bridgehead atoms. The lowest BCUT2D eigenvalue weighted by atomic mass is 10.1. The van der Waals surface area contributed by atoms with Gasteiger partial charge >= 0.3 is 0 Å². The summed E-state index contributed by atoms with van der Waals surface area (Å²) in [6, 6.07) is 0. The predicted octanol–water partition coefficient (Wildman–Crippen LogP) is 1.62. The van der Waals surface area contributed by atoms with Gasteiger partial charge in [-0.1, -0.05) is 12.8 Å². The van der Waals surface area contributed by atoms with Crippen molar-refractivity contribution < 1.29 is 9.53 Å². The van der Waals surface area contributed by atoms with Crippen LogP contribution in [0.25, 0.3) is 0 Å². The summed E-state index contributed by atoms with van der Waals surface area (Å²) < 4.78 is 6.12. The summed E-state index contributed by atoms with van der Waals surface area (Å²) in [5.74, 6) is 0.0757. The van der Waals surface area contributed by atoms with Crippen LogP contribution in [0.15, 0.2) is 12.4 Å². The van der Waals surface area contributed by atoms with Crippen molar-refractivity contribution in [2.75, 3.05) is 18.8 Å². The number of rotatable bonds is 3. The normalized spacial score (nSPS) is 20.9. The van der Waals surface area contributed by atoms with E-state index in [1.807, 2.05) is 0 Å². The van der Waals surface area contributed by atoms with Crippen molar-refractivity contribution in [3.8, 4) is 0 Å². The zero-order valence-corrected chi connectivity index (χ0v) is 12.2. The predicted molar refractivity (Wildman–Crippen MR) is 78.7 cm³/mol. The number of ether oxygens (including phenoxy) is 1. The van der Waals surface area contributed by atoms with Gasteiger partial charge in [-0.3, -0.25) is 4.79 Å². The topological polar surface area (TPSA) is 81.3 Å². The third kappa shape index (κ3) is 3.32. The summed E-state index contributed by atoms with van der Waals surface area (Å²) in [5.41, 5.74) is 5.98. The highest BCUT2D eigenvalue weighted by atomic mass is 16.5. The monoisotopic (exact) mass is 290 g/mol. The van der Waals surface area contributed by atoms with Crippen LogP contribution in [-0.2, 0) is 4.74 Å². The van der Waals surface area contributed by atoms with E-state index in [9.17, 15) is 4.79 Å². The number of piperidine rings is 1. The lowest BCUT2D eigenvalue weighted by Crippen LogP contribution is -2.42. The van der Waals surface area contributed by atoms with Crippen LogP contribution in [0.2, 0.25) is 0 Å². The van der Waals surface area contributed by atoms with Crippen molar-refractivity contribution in [2.24, 2.45) is 0 Å². The van der Waals surface area contributed by atoms with Crippen molar-refractivity contribution >= 4 is 11.7 Å². The summed E-state index contributed by atoms with van der Waals surface area (Å²) in [6.45, 7) is 1.40. The van der Waals surface area contributed by atoms with Crippen molar-refractivity contribution in [1.82, 2.24) is 14.9 Å². The summed E-state index contributed by atoms with van der Waals surface area (Å²) in [4.78, 5) is 22.1. The lowest BCUT2D eigenvalue weighted by Gasteiger charge is -2.33. The minimum Gasteiger partial charge on any atom is -0.382 e. The molecule has 1 saturated carbocycles. The molecule has 1 aliphatic heterocycles. The minimum absolute atomic E-state index is 0.125. The van der Waals surface area contributed by atoms with Gasteiger partial charge in [0.25, 0.3) is 5.91 Å². The van der Waals surface area contributed by atoms with E-state index in [-0.39, 0.29) is 23.5 Å². The number of nitrogen functional groups attached to an aromatic ring is 1. The van der Waals surface area contributed by atoms with Crippen LogP contribution in [0.1, 0.15) is 49.0 Å². The van der Waals surface area contributed by atoms with Gasteiger partial charge in [0.1, 0.15) is 0 Å². The molecule has 1 amide bonds. The van der Waals surface area contributed by atoms with E-state index in [0.29, 0.717) is 19.2 Å². The van der Waals surface area contributed by atoms with E-state index >= 15 is 0 Å². The Balaban J connectivity index is 1.53. The third-order valence-corrected chi connectivity index (χ3v) is 4.35. The van der Waals surface area contributed by atoms with Crippen molar-refractivity contribution in [3.63, 3.8) is 0 Å². The van der Waals surface area contributed by atoms with E-state index in [0.717, 1.165) is 12.8 Å². The number of carbonyl (C=O) groups is 1. The lowest BCUT2D eigenvalue weighted by molar-refractivity contribution is -0.0358. The number of amides is 1. The number of carbonyl (C=O) groups excluding carboxylic acids is 1. The fourth-order valence-electron chi connectivity index (χ4n) is 3.15. The van der Waals surface area contributed by atoms with Gasteiger partial charge in [0, 0.05) is 25.5 Å². The summed E-state index contributed by atoms with van der Waals surface area (Å²) in [6.07, 6.45) is 10.5. The zero-order chi connectivity index (χ0) is 14.7. The number of aromatic nitrogens is 2. The van der Waals surface area contributed by atoms with Crippen molar-refractivity contribution in [1.29, 1.82) is 0 Å². The SMILES string of the molecule is Nc1nccnc1C(=O)N1CCC(OC2CCCC2)CC1. The average Bonchev–Trinajstić information content (AvgIpc) is 3.01. The molecule has 0 radical (unpaired) electrons. The molecule has 3 rings (SSSR count). The fraction of sp³-hybridized carbons (Fsp3) is 0.667. The van der Waals surface area contributed by atoms with E-state index < -0.39 is 0 Å². The second kappa shape index (κ2) is 6.39. The Labute approximate surface area is 124 Å². The van der Waals surface area contributed by atoms with Gasteiger partial charge in [-0.05, 0) is 25.7 Å². The first-order chi connectivity index (χ1) is 10.2. The maximum absolute atomic E-state index is 12.4. The zero-order valence-electron chi connectivity index (χ0n) is 12.2. The Kier molecular flexibility index (Phi) is 4.34. The van der Waals surface area contributed by atoms with Gasteiger partial charge in [0.15, 0.2) is 11.5 Å². The van der Waals surface area contributed by atoms with Crippen molar-refractivity contribution in [2.45, 2.75) is 50.7 Å². The van der Waals surface area contributed by atoms with Gasteiger partial charge in [0.05, 0.1) is 12.2 Å². The van der Waals surface area contributed by atoms with Crippen LogP contribution in [0.4, 0.5) is 5.82 Å². The highest BCUT2D eigenvalue weighted by Gasteiger charge is 2.28. The van der Waals surface area contributed by atoms with E-state index in [4.69, 9.17) is 10.5 Å². The molecule has 1 aromatic heterocycles. The molecule has 0 unspecified atom stereocenters. The number of likely N-dealkylation sites (tertiary alicyclic amines) is 1. The van der Waals surface area contributed by atoms with E-state index in [2.05, 4.69) is 9.97 Å². The molecule has 1 saturated heterocycles. The third-order valence-electron chi connectivity index (χ3n) is 4.35. The largest absolute Gasteiger partial charge is 0.382 e. The molecule has 1 aromatic rings. The number of anilines is 1. The molecular weight excluding hydrogens is 268 g/mol. The highest BCUT2D eigenvalue weighted by molar-refractivity contribution is 5.96. The Morgan fingerprint density at radius 1 is 1.10 bits per heavy atom. The molecule has 2 fully saturated rings. The maximum atomic E-state index is 12.4. The first-order valence-corrected chi connectivity index (χ1v) is 7.75. The molecule has 2 N–H and O–H groups in total. The van der Waals surface area contributed by atoms with E-state index in [1.165, 1.54) is 38.1 Å². The second-order valence-electron chi connectivity index (χ2n) is 5.82. The quantitative estimate of drug-likeness (QED) is 0.915. The standard InChI is InChI=1S/C15H22N4O2/c16-14-13(17-7-8-18-14)15(20)19-9-5-12(6-10-19)21-11-3-1-2-4-11/h7-8,11-12H,1-6,9-10H2,(H2,16,18). The number of nitrogens with zero attached hydrogens (tertiary/aromatic N) is 3. The first-order valence-electron chi connectivity index (χ1n) is 7.75. The van der Waals surface area contributed by atoms with E-state index in [1.54, 1.807) is 4.90 Å². The minimum atomic E-state index is -0.125. The molecule has 1 aliphatic carbocycles. The Morgan fingerprint density at radius 2 is 1.71 bits per heavy atom. The van der Waals surface area contributed by atoms with Gasteiger partial charge < -0.3 is 15.4 Å². The maximum Gasteiger partial charge on any atom is 0.276 e. The Morgan fingerprint density at radius 3 is 2.38 bits per heavy atom. The molecule has 6 heteroatoms. The van der Waals surface area contributed by atoms with Crippen molar-refractivity contribution in [3.05, 3.63) is 18.1 Å². The number of hydrogen-bond acceptors (Lipinski definition) is 5. The first kappa shape index (κ1) is 14.3. The molecular formula is C15H22N4O2. The molecule has 2 aliphatic rings. The molecule has 114 valence electrons. The Hall–Kier alpha value is -1.69. The van der Waals surface area contributed by atoms with Crippen LogP contribution in [-0.4, -0.2) is 46.1 Å². The average molecular weight is 290 g/mol. The summed E-state index contributed by atoms with van der Waals surface area (Å²) >= 11 is 0. The van der Waals surface area contributed by atoms with Gasteiger partial charge in [-0.2, -0.15) is 0 Å². The number of hydrogen-bond donors (Lipinski definition) is 1. The van der Waals surface area contributed by atoms with Gasteiger partial charge in [-0.15, -0.1) is 0 Å². The van der Waals surface area contributed by atoms with Crippen LogP contribution in [0.3, 0.4) is 0 Å². The number of nitrogens with two attached hydrogens (primary N) is 1. The summed E-state index contributed by atoms with van der Waals surface area (Å²) in [5, 5.41) is 0. The molecule has 6 nitrogen and oxygen atoms in total. The fourth-order valence-corrected chi connectivity index (χ4v) is 3.15. The van der Waals surface area contributed by atoms with Gasteiger partial charge in [0.2, 0.25) is 0 Å². The molecule has 2 heterocycles. The Bertz CT molecular complexity index is 494. The van der Waals surface area contributed by atoms with Crippen LogP contribution < -0.4 is 5.73 Å². The second-order valence-corrected chi connectivity index (χ2v) is 5.82. The van der Waals surface area contributed by atoms with Crippen LogP contribution >= 0.6 is 0 Å².